The van der Waals surface area contributed by atoms with E-state index in [1.54, 1.807) is 18.2 Å². The van der Waals surface area contributed by atoms with Crippen LogP contribution in [0.4, 0.5) is 10.5 Å². The maximum Gasteiger partial charge on any atom is 0.410 e. The molecule has 1 amide bonds. The van der Waals surface area contributed by atoms with Gasteiger partial charge in [0, 0.05) is 24.7 Å². The number of amides is 1. The second-order valence-electron chi connectivity index (χ2n) is 6.17. The van der Waals surface area contributed by atoms with Gasteiger partial charge in [0.2, 0.25) is 0 Å². The van der Waals surface area contributed by atoms with Crippen LogP contribution in [0.3, 0.4) is 0 Å². The smallest absolute Gasteiger partial charge is 0.410 e. The normalized spacial score (nSPS) is 19.6. The fourth-order valence-corrected chi connectivity index (χ4v) is 3.14. The molecule has 0 bridgehead atoms. The standard InChI is InChI=1S/C19H20N2O4/c20-15-8-4-7-14(9-15)16-10-21(11-17(16)18(22)23)19(24)25-12-13-5-2-1-3-6-13/h1-9,16-17H,10-12,20H2,(H,22,23). The molecule has 0 radical (unpaired) electrons. The molecule has 1 fully saturated rings. The topological polar surface area (TPSA) is 92.9 Å². The third-order valence-electron chi connectivity index (χ3n) is 4.44. The Hall–Kier alpha value is -3.02. The van der Waals surface area contributed by atoms with Crippen LogP contribution in [0.15, 0.2) is 54.6 Å². The van der Waals surface area contributed by atoms with Crippen LogP contribution in [0.25, 0.3) is 0 Å². The van der Waals surface area contributed by atoms with Crippen molar-refractivity contribution in [1.82, 2.24) is 4.90 Å². The molecule has 130 valence electrons. The summed E-state index contributed by atoms with van der Waals surface area (Å²) in [6, 6.07) is 16.5. The number of nitrogens with two attached hydrogens (primary N) is 1. The largest absolute Gasteiger partial charge is 0.481 e. The van der Waals surface area contributed by atoms with E-state index in [1.807, 2.05) is 36.4 Å². The molecule has 2 atom stereocenters. The molecule has 1 heterocycles. The number of ether oxygens (including phenoxy) is 1. The van der Waals surface area contributed by atoms with Crippen molar-refractivity contribution in [2.45, 2.75) is 12.5 Å². The summed E-state index contributed by atoms with van der Waals surface area (Å²) in [5, 5.41) is 9.51. The van der Waals surface area contributed by atoms with Gasteiger partial charge in [-0.05, 0) is 23.3 Å². The second-order valence-corrected chi connectivity index (χ2v) is 6.17. The number of hydrogen-bond donors (Lipinski definition) is 2. The highest BCUT2D eigenvalue weighted by molar-refractivity contribution is 5.76. The summed E-state index contributed by atoms with van der Waals surface area (Å²) in [5.41, 5.74) is 8.09. The molecule has 1 saturated heterocycles. The van der Waals surface area contributed by atoms with Gasteiger partial charge >= 0.3 is 12.1 Å². The second kappa shape index (κ2) is 7.25. The van der Waals surface area contributed by atoms with Crippen molar-refractivity contribution >= 4 is 17.7 Å². The Kier molecular flexibility index (Phi) is 4.88. The molecular weight excluding hydrogens is 320 g/mol. The van der Waals surface area contributed by atoms with Crippen molar-refractivity contribution in [2.75, 3.05) is 18.8 Å². The lowest BCUT2D eigenvalue weighted by Crippen LogP contribution is -2.30. The Bertz CT molecular complexity index is 763. The lowest BCUT2D eigenvalue weighted by atomic mass is 9.89. The van der Waals surface area contributed by atoms with Gasteiger partial charge < -0.3 is 20.5 Å². The molecule has 3 N–H and O–H groups in total. The minimum absolute atomic E-state index is 0.127. The number of aliphatic carboxylic acids is 1. The predicted molar refractivity (Wildman–Crippen MR) is 92.9 cm³/mol. The van der Waals surface area contributed by atoms with Crippen LogP contribution in [0.5, 0.6) is 0 Å². The van der Waals surface area contributed by atoms with Gasteiger partial charge in [-0.1, -0.05) is 42.5 Å². The zero-order valence-electron chi connectivity index (χ0n) is 13.7. The van der Waals surface area contributed by atoms with Crippen molar-refractivity contribution in [3.05, 3.63) is 65.7 Å². The van der Waals surface area contributed by atoms with Crippen molar-refractivity contribution in [3.8, 4) is 0 Å². The number of carboxylic acids is 1. The summed E-state index contributed by atoms with van der Waals surface area (Å²) >= 11 is 0. The predicted octanol–water partition coefficient (Wildman–Crippen LogP) is 2.71. The van der Waals surface area contributed by atoms with Crippen LogP contribution in [0.2, 0.25) is 0 Å². The molecule has 2 aromatic carbocycles. The molecular formula is C19H20N2O4. The first-order chi connectivity index (χ1) is 12.0. The van der Waals surface area contributed by atoms with Crippen LogP contribution in [-0.2, 0) is 16.1 Å². The van der Waals surface area contributed by atoms with Crippen LogP contribution in [-0.4, -0.2) is 35.2 Å². The number of carbonyl (C=O) groups excluding carboxylic acids is 1. The highest BCUT2D eigenvalue weighted by Gasteiger charge is 2.41. The first-order valence-electron chi connectivity index (χ1n) is 8.08. The fraction of sp³-hybridized carbons (Fsp3) is 0.263. The number of anilines is 1. The van der Waals surface area contributed by atoms with Gasteiger partial charge in [-0.3, -0.25) is 4.79 Å². The van der Waals surface area contributed by atoms with Gasteiger partial charge in [0.05, 0.1) is 5.92 Å². The molecule has 0 spiro atoms. The van der Waals surface area contributed by atoms with Gasteiger partial charge in [0.15, 0.2) is 0 Å². The molecule has 0 aromatic heterocycles. The van der Waals surface area contributed by atoms with E-state index in [4.69, 9.17) is 10.5 Å². The molecule has 2 unspecified atom stereocenters. The van der Waals surface area contributed by atoms with Crippen molar-refractivity contribution in [1.29, 1.82) is 0 Å². The van der Waals surface area contributed by atoms with Crippen LogP contribution >= 0.6 is 0 Å². The van der Waals surface area contributed by atoms with Gasteiger partial charge in [0.1, 0.15) is 6.61 Å². The molecule has 2 aromatic rings. The van der Waals surface area contributed by atoms with E-state index in [9.17, 15) is 14.7 Å². The van der Waals surface area contributed by atoms with E-state index in [0.717, 1.165) is 11.1 Å². The Labute approximate surface area is 145 Å². The van der Waals surface area contributed by atoms with Crippen LogP contribution in [0.1, 0.15) is 17.0 Å². The number of nitrogens with zero attached hydrogens (tertiary/aromatic N) is 1. The average molecular weight is 340 g/mol. The summed E-state index contributed by atoms with van der Waals surface area (Å²) < 4.78 is 5.32. The number of likely N-dealkylation sites (tertiary alicyclic amines) is 1. The van der Waals surface area contributed by atoms with E-state index < -0.39 is 18.0 Å². The van der Waals surface area contributed by atoms with Gasteiger partial charge in [-0.25, -0.2) is 4.79 Å². The number of carbonyl (C=O) groups is 2. The Morgan fingerprint density at radius 1 is 1.12 bits per heavy atom. The first-order valence-corrected chi connectivity index (χ1v) is 8.08. The maximum absolute atomic E-state index is 12.3. The molecule has 25 heavy (non-hydrogen) atoms. The van der Waals surface area contributed by atoms with E-state index in [-0.39, 0.29) is 19.1 Å². The zero-order chi connectivity index (χ0) is 17.8. The molecule has 0 aliphatic carbocycles. The number of rotatable bonds is 4. The molecule has 3 rings (SSSR count). The first kappa shape index (κ1) is 16.8. The SMILES string of the molecule is Nc1cccc(C2CN(C(=O)OCc3ccccc3)CC2C(=O)O)c1. The highest BCUT2D eigenvalue weighted by Crippen LogP contribution is 2.34. The quantitative estimate of drug-likeness (QED) is 0.835. The minimum atomic E-state index is -0.925. The number of hydrogen-bond acceptors (Lipinski definition) is 4. The molecule has 6 nitrogen and oxygen atoms in total. The number of benzene rings is 2. The molecule has 0 saturated carbocycles. The van der Waals surface area contributed by atoms with Gasteiger partial charge in [0.25, 0.3) is 0 Å². The maximum atomic E-state index is 12.3. The van der Waals surface area contributed by atoms with E-state index >= 15 is 0 Å². The Morgan fingerprint density at radius 3 is 2.56 bits per heavy atom. The van der Waals surface area contributed by atoms with E-state index in [0.29, 0.717) is 12.2 Å². The summed E-state index contributed by atoms with van der Waals surface area (Å²) in [4.78, 5) is 25.4. The Balaban J connectivity index is 1.69. The van der Waals surface area contributed by atoms with E-state index in [2.05, 4.69) is 0 Å². The van der Waals surface area contributed by atoms with E-state index in [1.165, 1.54) is 4.90 Å². The number of nitrogen functional groups attached to an aromatic ring is 1. The van der Waals surface area contributed by atoms with Crippen molar-refractivity contribution in [3.63, 3.8) is 0 Å². The lowest BCUT2D eigenvalue weighted by molar-refractivity contribution is -0.141. The minimum Gasteiger partial charge on any atom is -0.481 e. The number of carboxylic acid groups (broad SMARTS) is 1. The van der Waals surface area contributed by atoms with Crippen LogP contribution < -0.4 is 5.73 Å². The molecule has 1 aliphatic rings. The summed E-state index contributed by atoms with van der Waals surface area (Å²) in [6.45, 7) is 0.591. The summed E-state index contributed by atoms with van der Waals surface area (Å²) in [7, 11) is 0. The highest BCUT2D eigenvalue weighted by atomic mass is 16.6. The monoisotopic (exact) mass is 340 g/mol. The Morgan fingerprint density at radius 2 is 1.88 bits per heavy atom. The average Bonchev–Trinajstić information content (AvgIpc) is 3.06. The van der Waals surface area contributed by atoms with Crippen LogP contribution in [0, 0.1) is 5.92 Å². The van der Waals surface area contributed by atoms with Gasteiger partial charge in [-0.15, -0.1) is 0 Å². The third-order valence-corrected chi connectivity index (χ3v) is 4.44. The summed E-state index contributed by atoms with van der Waals surface area (Å²) in [5.74, 6) is -1.90. The van der Waals surface area contributed by atoms with Gasteiger partial charge in [-0.2, -0.15) is 0 Å². The fourth-order valence-electron chi connectivity index (χ4n) is 3.14. The van der Waals surface area contributed by atoms with Crippen molar-refractivity contribution in [2.24, 2.45) is 5.92 Å². The summed E-state index contributed by atoms with van der Waals surface area (Å²) in [6.07, 6.45) is -0.499. The van der Waals surface area contributed by atoms with Crippen molar-refractivity contribution < 1.29 is 19.4 Å². The molecule has 6 heteroatoms. The third kappa shape index (κ3) is 3.91. The lowest BCUT2D eigenvalue weighted by Gasteiger charge is -2.16. The molecule has 1 aliphatic heterocycles. The zero-order valence-corrected chi connectivity index (χ0v) is 13.7.